The quantitative estimate of drug-likeness (QED) is 0.225. The first kappa shape index (κ1) is 25.9. The van der Waals surface area contributed by atoms with Gasteiger partial charge in [0, 0.05) is 0 Å². The first-order valence-electron chi connectivity index (χ1n) is 11.1. The van der Waals surface area contributed by atoms with E-state index in [0.29, 0.717) is 18.8 Å². The number of carbonyl (C=O) groups is 4. The van der Waals surface area contributed by atoms with Gasteiger partial charge in [-0.2, -0.15) is 0 Å². The molecule has 1 rings (SSSR count). The van der Waals surface area contributed by atoms with Crippen LogP contribution in [-0.2, 0) is 19.2 Å². The molecule has 0 aliphatic heterocycles. The fourth-order valence-electron chi connectivity index (χ4n) is 4.92. The predicted octanol–water partition coefficient (Wildman–Crippen LogP) is 4.12. The predicted molar refractivity (Wildman–Crippen MR) is 109 cm³/mol. The number of carboxylic acids is 4. The lowest BCUT2D eigenvalue weighted by Crippen LogP contribution is -2.32. The van der Waals surface area contributed by atoms with E-state index in [4.69, 9.17) is 10.2 Å². The third kappa shape index (κ3) is 8.32. The number of hydrogen-bond donors (Lipinski definition) is 4. The molecule has 3 atom stereocenters. The maximum absolute atomic E-state index is 11.3. The molecule has 172 valence electrons. The lowest BCUT2D eigenvalue weighted by Gasteiger charge is -2.39. The van der Waals surface area contributed by atoms with Crippen molar-refractivity contribution in [1.29, 1.82) is 0 Å². The lowest BCUT2D eigenvalue weighted by molar-refractivity contribution is -0.157. The summed E-state index contributed by atoms with van der Waals surface area (Å²) in [6.07, 6.45) is 9.26. The molecule has 0 heterocycles. The van der Waals surface area contributed by atoms with Crippen LogP contribution in [0.1, 0.15) is 84.0 Å². The van der Waals surface area contributed by atoms with E-state index in [-0.39, 0.29) is 24.7 Å². The Balaban J connectivity index is 2.87. The molecular weight excluding hydrogens is 392 g/mol. The average Bonchev–Trinajstić information content (AvgIpc) is 2.65. The molecule has 0 radical (unpaired) electrons. The summed E-state index contributed by atoms with van der Waals surface area (Å²) in [6, 6.07) is 0. The van der Waals surface area contributed by atoms with Gasteiger partial charge in [0.25, 0.3) is 0 Å². The van der Waals surface area contributed by atoms with Gasteiger partial charge in [-0.25, -0.2) is 0 Å². The minimum Gasteiger partial charge on any atom is -0.481 e. The van der Waals surface area contributed by atoms with Crippen molar-refractivity contribution < 1.29 is 39.6 Å². The molecule has 8 nitrogen and oxygen atoms in total. The highest BCUT2D eigenvalue weighted by Gasteiger charge is 2.36. The second-order valence-corrected chi connectivity index (χ2v) is 8.58. The third-order valence-electron chi connectivity index (χ3n) is 6.60. The molecule has 3 unspecified atom stereocenters. The average molecular weight is 429 g/mol. The van der Waals surface area contributed by atoms with E-state index >= 15 is 0 Å². The molecule has 1 fully saturated rings. The number of unbranched alkanes of at least 4 members (excludes halogenated alkanes) is 3. The highest BCUT2D eigenvalue weighted by Crippen LogP contribution is 2.43. The van der Waals surface area contributed by atoms with Gasteiger partial charge in [0.05, 0.1) is 0 Å². The van der Waals surface area contributed by atoms with E-state index in [9.17, 15) is 29.4 Å². The Hall–Kier alpha value is -2.12. The van der Waals surface area contributed by atoms with Gasteiger partial charge in [-0.3, -0.25) is 19.2 Å². The smallest absolute Gasteiger partial charge is 0.317 e. The van der Waals surface area contributed by atoms with Gasteiger partial charge in [-0.05, 0) is 43.4 Å². The number of carboxylic acid groups (broad SMARTS) is 4. The van der Waals surface area contributed by atoms with Crippen molar-refractivity contribution in [3.05, 3.63) is 0 Å². The minimum atomic E-state index is -1.45. The number of aliphatic carboxylic acids is 4. The summed E-state index contributed by atoms with van der Waals surface area (Å²) in [5.74, 6) is -7.72. The Kier molecular flexibility index (Phi) is 11.4. The van der Waals surface area contributed by atoms with Crippen LogP contribution in [0.15, 0.2) is 0 Å². The van der Waals surface area contributed by atoms with Crippen LogP contribution in [0.4, 0.5) is 0 Å². The van der Waals surface area contributed by atoms with Crippen LogP contribution in [-0.4, -0.2) is 44.3 Å². The van der Waals surface area contributed by atoms with Crippen LogP contribution < -0.4 is 0 Å². The molecular formula is C22H36O8. The third-order valence-corrected chi connectivity index (χ3v) is 6.60. The van der Waals surface area contributed by atoms with E-state index in [1.165, 1.54) is 0 Å². The van der Waals surface area contributed by atoms with Crippen LogP contribution in [0.25, 0.3) is 0 Å². The van der Waals surface area contributed by atoms with Crippen LogP contribution >= 0.6 is 0 Å². The maximum atomic E-state index is 11.3. The molecule has 0 amide bonds. The highest BCUT2D eigenvalue weighted by atomic mass is 16.4. The Morgan fingerprint density at radius 1 is 0.700 bits per heavy atom. The molecule has 1 aliphatic carbocycles. The second kappa shape index (κ2) is 13.2. The summed E-state index contributed by atoms with van der Waals surface area (Å²) in [7, 11) is 0. The van der Waals surface area contributed by atoms with Gasteiger partial charge in [-0.1, -0.05) is 58.3 Å². The van der Waals surface area contributed by atoms with Gasteiger partial charge in [-0.15, -0.1) is 0 Å². The van der Waals surface area contributed by atoms with E-state index in [2.05, 4.69) is 6.92 Å². The van der Waals surface area contributed by atoms with Crippen molar-refractivity contribution >= 4 is 23.9 Å². The fourth-order valence-corrected chi connectivity index (χ4v) is 4.92. The molecule has 4 N–H and O–H groups in total. The van der Waals surface area contributed by atoms with Crippen molar-refractivity contribution in [2.75, 3.05) is 0 Å². The van der Waals surface area contributed by atoms with Crippen LogP contribution in [0.2, 0.25) is 0 Å². The Bertz CT molecular complexity index is 560. The van der Waals surface area contributed by atoms with E-state index in [1.807, 2.05) is 0 Å². The second-order valence-electron chi connectivity index (χ2n) is 8.58. The van der Waals surface area contributed by atoms with Crippen LogP contribution in [0, 0.1) is 29.6 Å². The Morgan fingerprint density at radius 3 is 1.63 bits per heavy atom. The SMILES string of the molecule is CCCCCCC1CCCC(CCC(C(=O)O)C(=O)O)C1CCC(C(=O)O)C(=O)O. The van der Waals surface area contributed by atoms with Crippen molar-refractivity contribution in [2.24, 2.45) is 29.6 Å². The van der Waals surface area contributed by atoms with E-state index < -0.39 is 35.7 Å². The zero-order chi connectivity index (χ0) is 22.7. The summed E-state index contributed by atoms with van der Waals surface area (Å²) in [6.45, 7) is 2.14. The Labute approximate surface area is 177 Å². The first-order chi connectivity index (χ1) is 14.2. The zero-order valence-electron chi connectivity index (χ0n) is 17.8. The van der Waals surface area contributed by atoms with Gasteiger partial charge in [0.1, 0.15) is 0 Å². The number of rotatable bonds is 15. The van der Waals surface area contributed by atoms with E-state index in [0.717, 1.165) is 51.4 Å². The summed E-state index contributed by atoms with van der Waals surface area (Å²) >= 11 is 0. The van der Waals surface area contributed by atoms with E-state index in [1.54, 1.807) is 0 Å². The molecule has 0 aromatic heterocycles. The molecule has 1 saturated carbocycles. The monoisotopic (exact) mass is 428 g/mol. The lowest BCUT2D eigenvalue weighted by atomic mass is 9.66. The molecule has 30 heavy (non-hydrogen) atoms. The molecule has 0 saturated heterocycles. The molecule has 0 bridgehead atoms. The normalized spacial score (nSPS) is 21.6. The molecule has 0 aromatic carbocycles. The molecule has 8 heteroatoms. The summed E-state index contributed by atoms with van der Waals surface area (Å²) < 4.78 is 0. The summed E-state index contributed by atoms with van der Waals surface area (Å²) in [4.78, 5) is 45.0. The van der Waals surface area contributed by atoms with Gasteiger partial charge in [0.15, 0.2) is 11.8 Å². The van der Waals surface area contributed by atoms with Crippen molar-refractivity contribution in [3.63, 3.8) is 0 Å². The van der Waals surface area contributed by atoms with Gasteiger partial charge >= 0.3 is 23.9 Å². The van der Waals surface area contributed by atoms with Crippen molar-refractivity contribution in [1.82, 2.24) is 0 Å². The van der Waals surface area contributed by atoms with Gasteiger partial charge < -0.3 is 20.4 Å². The number of hydrogen-bond acceptors (Lipinski definition) is 4. The zero-order valence-corrected chi connectivity index (χ0v) is 17.8. The molecule has 0 spiro atoms. The van der Waals surface area contributed by atoms with Crippen molar-refractivity contribution in [3.8, 4) is 0 Å². The molecule has 0 aromatic rings. The standard InChI is InChI=1S/C22H36O8/c1-2-3-4-5-7-14-8-6-9-15(10-11-17(19(23)24)20(25)26)16(14)12-13-18(21(27)28)22(29)30/h14-18H,2-13H2,1H3,(H,23,24)(H,25,26)(H,27,28)(H,29,30). The van der Waals surface area contributed by atoms with Crippen LogP contribution in [0.5, 0.6) is 0 Å². The van der Waals surface area contributed by atoms with Crippen molar-refractivity contribution in [2.45, 2.75) is 84.0 Å². The maximum Gasteiger partial charge on any atom is 0.317 e. The largest absolute Gasteiger partial charge is 0.481 e. The van der Waals surface area contributed by atoms with Crippen LogP contribution in [0.3, 0.4) is 0 Å². The minimum absolute atomic E-state index is 0.0374. The summed E-state index contributed by atoms with van der Waals surface area (Å²) in [5.41, 5.74) is 0. The highest BCUT2D eigenvalue weighted by molar-refractivity contribution is 5.93. The first-order valence-corrected chi connectivity index (χ1v) is 11.1. The fraction of sp³-hybridized carbons (Fsp3) is 0.818. The Morgan fingerprint density at radius 2 is 1.17 bits per heavy atom. The topological polar surface area (TPSA) is 149 Å². The summed E-state index contributed by atoms with van der Waals surface area (Å²) in [5, 5.41) is 36.7. The van der Waals surface area contributed by atoms with Gasteiger partial charge in [0.2, 0.25) is 0 Å². The molecule has 1 aliphatic rings.